The van der Waals surface area contributed by atoms with Crippen LogP contribution in [-0.4, -0.2) is 6.71 Å². The van der Waals surface area contributed by atoms with Crippen molar-refractivity contribution in [3.8, 4) is 11.1 Å². The Hall–Kier alpha value is -5.02. The zero-order valence-corrected chi connectivity index (χ0v) is 46.4. The van der Waals surface area contributed by atoms with E-state index in [0.717, 1.165) is 61.3 Å². The van der Waals surface area contributed by atoms with Gasteiger partial charge in [0.2, 0.25) is 0 Å². The molecule has 2 heterocycles. The van der Waals surface area contributed by atoms with Crippen LogP contribution in [0, 0.1) is 6.85 Å². The van der Waals surface area contributed by atoms with Crippen molar-refractivity contribution in [1.29, 1.82) is 0 Å². The van der Waals surface area contributed by atoms with E-state index in [1.165, 1.54) is 89.0 Å². The van der Waals surface area contributed by atoms with E-state index in [-0.39, 0.29) is 50.0 Å². The summed E-state index contributed by atoms with van der Waals surface area (Å²) in [5, 5.41) is 0. The maximum absolute atomic E-state index is 9.39. The molecule has 0 aromatic heterocycles. The molecule has 0 bridgehead atoms. The number of anilines is 6. The van der Waals surface area contributed by atoms with E-state index in [2.05, 4.69) is 218 Å². The summed E-state index contributed by atoms with van der Waals surface area (Å²) in [5.41, 5.74) is 25.2. The van der Waals surface area contributed by atoms with Crippen molar-refractivity contribution in [2.75, 3.05) is 9.80 Å². The van der Waals surface area contributed by atoms with E-state index in [1.54, 1.807) is 0 Å². The number of hydrogen-bond donors (Lipinski definition) is 0. The Kier molecular flexibility index (Phi) is 8.83. The highest BCUT2D eigenvalue weighted by atomic mass is 15.2. The predicted molar refractivity (Wildman–Crippen MR) is 307 cm³/mol. The van der Waals surface area contributed by atoms with E-state index in [9.17, 15) is 4.11 Å². The normalized spacial score (nSPS) is 22.3. The first-order valence-corrected chi connectivity index (χ1v) is 27.3. The van der Waals surface area contributed by atoms with Gasteiger partial charge in [-0.05, 0) is 209 Å². The van der Waals surface area contributed by atoms with Crippen molar-refractivity contribution in [1.82, 2.24) is 0 Å². The van der Waals surface area contributed by atoms with Gasteiger partial charge in [-0.25, -0.2) is 0 Å². The van der Waals surface area contributed by atoms with Crippen molar-refractivity contribution in [3.05, 3.63) is 147 Å². The summed E-state index contributed by atoms with van der Waals surface area (Å²) in [4.78, 5) is 5.10. The molecular formula is C68H81BN2. The van der Waals surface area contributed by atoms with Gasteiger partial charge in [0, 0.05) is 38.0 Å². The Labute approximate surface area is 433 Å². The van der Waals surface area contributed by atoms with Gasteiger partial charge in [-0.1, -0.05) is 166 Å². The van der Waals surface area contributed by atoms with Gasteiger partial charge in [-0.2, -0.15) is 0 Å². The minimum Gasteiger partial charge on any atom is -0.311 e. The second-order valence-electron chi connectivity index (χ2n) is 28.8. The molecule has 0 spiro atoms. The average Bonchev–Trinajstić information content (AvgIpc) is 3.54. The van der Waals surface area contributed by atoms with Crippen LogP contribution < -0.4 is 26.2 Å². The molecule has 6 aromatic rings. The number of hydrogen-bond acceptors (Lipinski definition) is 2. The maximum Gasteiger partial charge on any atom is 0.252 e. The Bertz CT molecular complexity index is 3420. The fraction of sp³-hybridized carbons (Fsp3) is 0.471. The van der Waals surface area contributed by atoms with Crippen LogP contribution in [0.15, 0.2) is 91.0 Å². The first-order chi connectivity index (χ1) is 34.2. The highest BCUT2D eigenvalue weighted by molar-refractivity contribution is 7.00. The van der Waals surface area contributed by atoms with Crippen LogP contribution in [0.2, 0.25) is 0 Å². The fourth-order valence-corrected chi connectivity index (χ4v) is 15.2. The van der Waals surface area contributed by atoms with Gasteiger partial charge in [0.05, 0.1) is 5.69 Å². The third-order valence-corrected chi connectivity index (χ3v) is 19.8. The van der Waals surface area contributed by atoms with Crippen LogP contribution in [0.1, 0.15) is 216 Å². The lowest BCUT2D eigenvalue weighted by atomic mass is 9.32. The van der Waals surface area contributed by atoms with Gasteiger partial charge < -0.3 is 9.80 Å². The Balaban J connectivity index is 1.26. The minimum absolute atomic E-state index is 0.0242. The topological polar surface area (TPSA) is 6.48 Å². The second kappa shape index (κ2) is 14.4. The molecule has 2 nitrogen and oxygen atoms in total. The molecule has 0 amide bonds. The molecule has 3 heteroatoms. The summed E-state index contributed by atoms with van der Waals surface area (Å²) in [5.74, 6) is 0. The molecular weight excluding hydrogens is 856 g/mol. The van der Waals surface area contributed by atoms with Gasteiger partial charge in [0.25, 0.3) is 6.71 Å². The molecule has 0 N–H and O–H groups in total. The van der Waals surface area contributed by atoms with Crippen LogP contribution in [-0.2, 0) is 43.3 Å². The van der Waals surface area contributed by atoms with Crippen molar-refractivity contribution >= 4 is 57.2 Å². The first-order valence-electron chi connectivity index (χ1n) is 28.8. The standard InChI is InChI=1S/C68H81BN2/c1-40-33-56-60-57(34-40)71(53-26-24-43-42-21-19-20-22-44(42)68(17,18)58(43)59(53)61(2,3)4)55-39-50-48(65(11,12)30-32-67(50,15)16)37-52(55)69(60)51-36-47-49(66(13,14)31-29-64(47,9)10)38-54(51)70(56)41-23-25-45-46(35-41)63(7,8)28-27-62(45,5)6/h19-26,33-39H,27-32H2,1-18H3/i1D3. The lowest BCUT2D eigenvalue weighted by Crippen LogP contribution is -2.62. The van der Waals surface area contributed by atoms with E-state index in [0.29, 0.717) is 5.56 Å². The molecule has 0 saturated carbocycles. The molecule has 12 rings (SSSR count). The molecule has 0 unspecified atom stereocenters. The molecule has 366 valence electrons. The SMILES string of the molecule is [2H]C([2H])([2H])c1cc2c3c(c1)N(c1ccc4c(c1C(C)(C)C)C(C)(C)c1ccccc1-4)c1cc4c(cc1B3c1cc3c(cc1N2c1ccc2c(c1)C(C)(C)CCC2(C)C)C(C)(C)CCC3(C)C)C(C)(C)CCC4(C)C. The molecule has 2 aliphatic heterocycles. The zero-order valence-electron chi connectivity index (χ0n) is 49.4. The molecule has 0 atom stereocenters. The van der Waals surface area contributed by atoms with Crippen LogP contribution in [0.3, 0.4) is 0 Å². The summed E-state index contributed by atoms with van der Waals surface area (Å²) in [6.07, 6.45) is 6.69. The van der Waals surface area contributed by atoms with E-state index < -0.39 is 6.85 Å². The average molecular weight is 940 g/mol. The molecule has 4 aliphatic carbocycles. The maximum atomic E-state index is 9.39. The van der Waals surface area contributed by atoms with Gasteiger partial charge in [0.15, 0.2) is 0 Å². The Morgan fingerprint density at radius 2 is 0.901 bits per heavy atom. The third kappa shape index (κ3) is 6.51. The molecule has 6 aromatic carbocycles. The smallest absolute Gasteiger partial charge is 0.252 e. The number of aryl methyl sites for hydroxylation is 1. The summed E-state index contributed by atoms with van der Waals surface area (Å²) < 4.78 is 28.2. The van der Waals surface area contributed by atoms with E-state index in [4.69, 9.17) is 0 Å². The Morgan fingerprint density at radius 1 is 0.437 bits per heavy atom. The lowest BCUT2D eigenvalue weighted by Gasteiger charge is -2.49. The van der Waals surface area contributed by atoms with Gasteiger partial charge >= 0.3 is 0 Å². The largest absolute Gasteiger partial charge is 0.311 e. The summed E-state index contributed by atoms with van der Waals surface area (Å²) in [6.45, 7) is 38.7. The summed E-state index contributed by atoms with van der Waals surface area (Å²) in [6, 6.07) is 35.7. The van der Waals surface area contributed by atoms with Crippen LogP contribution in [0.4, 0.5) is 34.1 Å². The predicted octanol–water partition coefficient (Wildman–Crippen LogP) is 16.7. The van der Waals surface area contributed by atoms with Crippen molar-refractivity contribution in [2.24, 2.45) is 0 Å². The fourth-order valence-electron chi connectivity index (χ4n) is 15.2. The van der Waals surface area contributed by atoms with Crippen LogP contribution in [0.25, 0.3) is 11.1 Å². The number of fused-ring (bicyclic) bond motifs is 10. The van der Waals surface area contributed by atoms with E-state index >= 15 is 0 Å². The second-order valence-corrected chi connectivity index (χ2v) is 28.8. The van der Waals surface area contributed by atoms with Crippen LogP contribution in [0.5, 0.6) is 0 Å². The van der Waals surface area contributed by atoms with Gasteiger partial charge in [0.1, 0.15) is 0 Å². The monoisotopic (exact) mass is 940 g/mol. The summed E-state index contributed by atoms with van der Waals surface area (Å²) in [7, 11) is 0. The zero-order chi connectivity index (χ0) is 53.2. The van der Waals surface area contributed by atoms with Crippen molar-refractivity contribution < 1.29 is 4.11 Å². The minimum atomic E-state index is -2.38. The van der Waals surface area contributed by atoms with Crippen molar-refractivity contribution in [3.63, 3.8) is 0 Å². The molecule has 0 saturated heterocycles. The van der Waals surface area contributed by atoms with Gasteiger partial charge in [-0.3, -0.25) is 0 Å². The number of benzene rings is 6. The molecule has 71 heavy (non-hydrogen) atoms. The molecule has 0 radical (unpaired) electrons. The van der Waals surface area contributed by atoms with E-state index in [1.807, 2.05) is 0 Å². The third-order valence-electron chi connectivity index (χ3n) is 19.8. The quantitative estimate of drug-likeness (QED) is 0.159. The highest BCUT2D eigenvalue weighted by Crippen LogP contribution is 2.58. The Morgan fingerprint density at radius 3 is 1.42 bits per heavy atom. The first kappa shape index (κ1) is 43.6. The van der Waals surface area contributed by atoms with Crippen LogP contribution >= 0.6 is 0 Å². The summed E-state index contributed by atoms with van der Waals surface area (Å²) >= 11 is 0. The molecule has 6 aliphatic rings. The van der Waals surface area contributed by atoms with Gasteiger partial charge in [-0.15, -0.1) is 0 Å². The number of rotatable bonds is 2. The highest BCUT2D eigenvalue weighted by Gasteiger charge is 2.50. The molecule has 0 fully saturated rings. The van der Waals surface area contributed by atoms with Crippen molar-refractivity contribution in [2.45, 2.75) is 206 Å². The number of nitrogens with zero attached hydrogens (tertiary/aromatic N) is 2. The lowest BCUT2D eigenvalue weighted by molar-refractivity contribution is 0.332.